The van der Waals surface area contributed by atoms with Gasteiger partial charge in [-0.2, -0.15) is 0 Å². The van der Waals surface area contributed by atoms with E-state index in [9.17, 15) is 9.90 Å². The van der Waals surface area contributed by atoms with Crippen molar-refractivity contribution in [2.45, 2.75) is 25.9 Å². The fourth-order valence-corrected chi connectivity index (χ4v) is 1.76. The zero-order valence-corrected chi connectivity index (χ0v) is 10.2. The van der Waals surface area contributed by atoms with E-state index < -0.39 is 6.10 Å². The summed E-state index contributed by atoms with van der Waals surface area (Å²) < 4.78 is 0. The molecule has 0 spiro atoms. The van der Waals surface area contributed by atoms with Crippen molar-refractivity contribution in [2.75, 3.05) is 6.54 Å². The highest BCUT2D eigenvalue weighted by Gasteiger charge is 2.29. The van der Waals surface area contributed by atoms with E-state index in [0.29, 0.717) is 24.2 Å². The van der Waals surface area contributed by atoms with Gasteiger partial charge in [0.05, 0.1) is 5.71 Å². The SMILES string of the molecule is CCCNC(=O)[C@@H]1CC(c2ccccc2O)=NO1. The summed E-state index contributed by atoms with van der Waals surface area (Å²) in [6, 6.07) is 6.88. The van der Waals surface area contributed by atoms with E-state index in [2.05, 4.69) is 10.5 Å². The van der Waals surface area contributed by atoms with Gasteiger partial charge in [0.15, 0.2) is 0 Å². The average molecular weight is 248 g/mol. The average Bonchev–Trinajstić information content (AvgIpc) is 2.86. The lowest BCUT2D eigenvalue weighted by atomic mass is 10.0. The maximum Gasteiger partial charge on any atom is 0.264 e. The highest BCUT2D eigenvalue weighted by atomic mass is 16.6. The van der Waals surface area contributed by atoms with Crippen LogP contribution in [0.15, 0.2) is 29.4 Å². The number of para-hydroxylation sites is 1. The second kappa shape index (κ2) is 5.53. The number of amides is 1. The smallest absolute Gasteiger partial charge is 0.264 e. The number of nitrogens with one attached hydrogen (secondary N) is 1. The third-order valence-corrected chi connectivity index (χ3v) is 2.73. The first kappa shape index (κ1) is 12.4. The van der Waals surface area contributed by atoms with E-state index >= 15 is 0 Å². The van der Waals surface area contributed by atoms with Gasteiger partial charge in [0, 0.05) is 18.5 Å². The van der Waals surface area contributed by atoms with Crippen LogP contribution in [0.1, 0.15) is 25.3 Å². The van der Waals surface area contributed by atoms with Crippen molar-refractivity contribution in [1.82, 2.24) is 5.32 Å². The third-order valence-electron chi connectivity index (χ3n) is 2.73. The van der Waals surface area contributed by atoms with Crippen molar-refractivity contribution >= 4 is 11.6 Å². The Hall–Kier alpha value is -2.04. The van der Waals surface area contributed by atoms with E-state index in [4.69, 9.17) is 4.84 Å². The molecule has 5 heteroatoms. The van der Waals surface area contributed by atoms with E-state index in [1.165, 1.54) is 0 Å². The van der Waals surface area contributed by atoms with Crippen molar-refractivity contribution in [3.63, 3.8) is 0 Å². The van der Waals surface area contributed by atoms with Gasteiger partial charge in [-0.1, -0.05) is 24.2 Å². The van der Waals surface area contributed by atoms with Crippen LogP contribution in [0.3, 0.4) is 0 Å². The number of carbonyl (C=O) groups is 1. The van der Waals surface area contributed by atoms with Gasteiger partial charge < -0.3 is 15.3 Å². The number of hydrogen-bond acceptors (Lipinski definition) is 4. The predicted molar refractivity (Wildman–Crippen MR) is 67.4 cm³/mol. The molecule has 1 aliphatic rings. The Morgan fingerprint density at radius 1 is 1.56 bits per heavy atom. The molecule has 18 heavy (non-hydrogen) atoms. The molecule has 1 atom stereocenters. The Balaban J connectivity index is 2.00. The van der Waals surface area contributed by atoms with Gasteiger partial charge in [-0.05, 0) is 18.6 Å². The molecule has 1 aliphatic heterocycles. The van der Waals surface area contributed by atoms with Crippen molar-refractivity contribution in [3.05, 3.63) is 29.8 Å². The summed E-state index contributed by atoms with van der Waals surface area (Å²) >= 11 is 0. The number of benzene rings is 1. The highest BCUT2D eigenvalue weighted by molar-refractivity contribution is 6.05. The lowest BCUT2D eigenvalue weighted by Crippen LogP contribution is -2.35. The lowest BCUT2D eigenvalue weighted by molar-refractivity contribution is -0.131. The van der Waals surface area contributed by atoms with Gasteiger partial charge in [0.2, 0.25) is 6.10 Å². The van der Waals surface area contributed by atoms with Gasteiger partial charge >= 0.3 is 0 Å². The van der Waals surface area contributed by atoms with Crippen LogP contribution in [0.2, 0.25) is 0 Å². The summed E-state index contributed by atoms with van der Waals surface area (Å²) in [6.07, 6.45) is 0.671. The van der Waals surface area contributed by atoms with E-state index in [0.717, 1.165) is 6.42 Å². The van der Waals surface area contributed by atoms with Crippen LogP contribution in [0, 0.1) is 0 Å². The number of phenolic OH excluding ortho intramolecular Hbond substituents is 1. The molecular weight excluding hydrogens is 232 g/mol. The number of hydrogen-bond donors (Lipinski definition) is 2. The number of carbonyl (C=O) groups excluding carboxylic acids is 1. The Morgan fingerprint density at radius 2 is 2.33 bits per heavy atom. The zero-order chi connectivity index (χ0) is 13.0. The molecule has 0 bridgehead atoms. The van der Waals surface area contributed by atoms with Gasteiger partial charge in [-0.25, -0.2) is 0 Å². The Bertz CT molecular complexity index is 471. The minimum absolute atomic E-state index is 0.148. The molecule has 0 saturated heterocycles. The number of aromatic hydroxyl groups is 1. The van der Waals surface area contributed by atoms with Crippen LogP contribution < -0.4 is 5.32 Å². The van der Waals surface area contributed by atoms with Crippen LogP contribution in [-0.2, 0) is 9.63 Å². The molecule has 1 heterocycles. The van der Waals surface area contributed by atoms with Gasteiger partial charge in [0.25, 0.3) is 5.91 Å². The normalized spacial score (nSPS) is 18.1. The van der Waals surface area contributed by atoms with E-state index in [1.54, 1.807) is 18.2 Å². The molecule has 1 amide bonds. The molecule has 1 aromatic carbocycles. The van der Waals surface area contributed by atoms with Crippen molar-refractivity contribution in [3.8, 4) is 5.75 Å². The summed E-state index contributed by atoms with van der Waals surface area (Å²) in [5, 5.41) is 16.3. The summed E-state index contributed by atoms with van der Waals surface area (Å²) in [6.45, 7) is 2.62. The molecule has 5 nitrogen and oxygen atoms in total. The molecule has 1 aromatic rings. The minimum atomic E-state index is -0.592. The van der Waals surface area contributed by atoms with Crippen LogP contribution in [-0.4, -0.2) is 29.4 Å². The summed E-state index contributed by atoms with van der Waals surface area (Å²) in [4.78, 5) is 16.8. The lowest BCUT2D eigenvalue weighted by Gasteiger charge is -2.08. The number of phenols is 1. The summed E-state index contributed by atoms with van der Waals surface area (Å²) in [7, 11) is 0. The second-order valence-corrected chi connectivity index (χ2v) is 4.14. The molecule has 0 saturated carbocycles. The third kappa shape index (κ3) is 2.61. The molecule has 96 valence electrons. The monoisotopic (exact) mass is 248 g/mol. The molecule has 2 N–H and O–H groups in total. The van der Waals surface area contributed by atoms with E-state index in [1.807, 2.05) is 13.0 Å². The number of oxime groups is 1. The Kier molecular flexibility index (Phi) is 3.82. The second-order valence-electron chi connectivity index (χ2n) is 4.14. The first-order chi connectivity index (χ1) is 8.72. The van der Waals surface area contributed by atoms with Gasteiger partial charge in [0.1, 0.15) is 5.75 Å². The van der Waals surface area contributed by atoms with Gasteiger partial charge in [-0.15, -0.1) is 0 Å². The first-order valence-corrected chi connectivity index (χ1v) is 6.01. The molecule has 0 aromatic heterocycles. The van der Waals surface area contributed by atoms with Crippen molar-refractivity contribution in [1.29, 1.82) is 0 Å². The maximum absolute atomic E-state index is 11.7. The molecular formula is C13H16N2O3. The molecule has 2 rings (SSSR count). The Morgan fingerprint density at radius 3 is 3.06 bits per heavy atom. The quantitative estimate of drug-likeness (QED) is 0.846. The molecule has 0 fully saturated rings. The zero-order valence-electron chi connectivity index (χ0n) is 10.2. The van der Waals surface area contributed by atoms with Crippen LogP contribution in [0.4, 0.5) is 0 Å². The molecule has 0 aliphatic carbocycles. The van der Waals surface area contributed by atoms with Gasteiger partial charge in [-0.3, -0.25) is 4.79 Å². The highest BCUT2D eigenvalue weighted by Crippen LogP contribution is 2.23. The largest absolute Gasteiger partial charge is 0.507 e. The molecule has 0 radical (unpaired) electrons. The number of rotatable bonds is 4. The maximum atomic E-state index is 11.7. The molecule has 0 unspecified atom stereocenters. The number of nitrogens with zero attached hydrogens (tertiary/aromatic N) is 1. The minimum Gasteiger partial charge on any atom is -0.507 e. The Labute approximate surface area is 105 Å². The topological polar surface area (TPSA) is 70.9 Å². The van der Waals surface area contributed by atoms with Crippen molar-refractivity contribution < 1.29 is 14.7 Å². The van der Waals surface area contributed by atoms with Crippen molar-refractivity contribution in [2.24, 2.45) is 5.16 Å². The standard InChI is InChI=1S/C13H16N2O3/c1-2-7-14-13(17)12-8-10(15-18-12)9-5-3-4-6-11(9)16/h3-6,12,16H,2,7-8H2,1H3,(H,14,17)/t12-/m0/s1. The fourth-order valence-electron chi connectivity index (χ4n) is 1.76. The fraction of sp³-hybridized carbons (Fsp3) is 0.385. The predicted octanol–water partition coefficient (Wildman–Crippen LogP) is 1.41. The van der Waals surface area contributed by atoms with Crippen LogP contribution in [0.25, 0.3) is 0 Å². The van der Waals surface area contributed by atoms with E-state index in [-0.39, 0.29) is 11.7 Å². The summed E-state index contributed by atoms with van der Waals surface area (Å²) in [5.74, 6) is -0.0134. The summed E-state index contributed by atoms with van der Waals surface area (Å²) in [5.41, 5.74) is 1.22. The van der Waals surface area contributed by atoms with Crippen LogP contribution in [0.5, 0.6) is 5.75 Å². The first-order valence-electron chi connectivity index (χ1n) is 6.01. The van der Waals surface area contributed by atoms with Crippen LogP contribution >= 0.6 is 0 Å².